The average molecular weight is 270 g/mol. The summed E-state index contributed by atoms with van der Waals surface area (Å²) in [6, 6.07) is 15.1. The van der Waals surface area contributed by atoms with Gasteiger partial charge in [0.15, 0.2) is 0 Å². The lowest BCUT2D eigenvalue weighted by Gasteiger charge is -2.16. The van der Waals surface area contributed by atoms with Gasteiger partial charge in [-0.1, -0.05) is 38.1 Å². The molecule has 0 saturated carbocycles. The molecule has 2 rings (SSSR count). The van der Waals surface area contributed by atoms with Crippen LogP contribution in [0.4, 0.5) is 0 Å². The van der Waals surface area contributed by atoms with E-state index in [2.05, 4.69) is 49.5 Å². The fourth-order valence-corrected chi connectivity index (χ4v) is 2.99. The van der Waals surface area contributed by atoms with Crippen molar-refractivity contribution in [2.75, 3.05) is 6.54 Å². The summed E-state index contributed by atoms with van der Waals surface area (Å²) < 4.78 is 0. The van der Waals surface area contributed by atoms with Gasteiger partial charge in [-0.15, -0.1) is 11.3 Å². The molecule has 2 nitrogen and oxygen atoms in total. The Balaban J connectivity index is 2.20. The van der Waals surface area contributed by atoms with E-state index >= 15 is 0 Å². The molecule has 19 heavy (non-hydrogen) atoms. The summed E-state index contributed by atoms with van der Waals surface area (Å²) in [5.74, 6) is 0. The Morgan fingerprint density at radius 1 is 1.16 bits per heavy atom. The van der Waals surface area contributed by atoms with Gasteiger partial charge in [0.25, 0.3) is 0 Å². The third kappa shape index (κ3) is 3.23. The molecule has 0 aliphatic heterocycles. The molecule has 2 aromatic rings. The molecular weight excluding hydrogens is 252 g/mol. The highest BCUT2D eigenvalue weighted by Crippen LogP contribution is 2.29. The maximum atomic E-state index is 8.86. The molecule has 0 saturated heterocycles. The van der Waals surface area contributed by atoms with E-state index in [4.69, 9.17) is 5.26 Å². The first-order valence-electron chi connectivity index (χ1n) is 6.62. The van der Waals surface area contributed by atoms with E-state index in [9.17, 15) is 0 Å². The van der Waals surface area contributed by atoms with Crippen molar-refractivity contribution in [3.63, 3.8) is 0 Å². The highest BCUT2D eigenvalue weighted by atomic mass is 32.1. The van der Waals surface area contributed by atoms with Gasteiger partial charge in [0, 0.05) is 10.9 Å². The molecule has 0 amide bonds. The second kappa shape index (κ2) is 6.51. The molecule has 1 heterocycles. The third-order valence-corrected chi connectivity index (χ3v) is 4.21. The van der Waals surface area contributed by atoms with Gasteiger partial charge in [-0.05, 0) is 36.2 Å². The zero-order valence-corrected chi connectivity index (χ0v) is 12.1. The Labute approximate surface area is 118 Å². The molecule has 0 radical (unpaired) electrons. The van der Waals surface area contributed by atoms with Crippen LogP contribution in [0, 0.1) is 11.3 Å². The van der Waals surface area contributed by atoms with Gasteiger partial charge in [0.1, 0.15) is 10.9 Å². The van der Waals surface area contributed by atoms with Crippen LogP contribution in [0.5, 0.6) is 0 Å². The minimum absolute atomic E-state index is 0.428. The second-order valence-corrected chi connectivity index (χ2v) is 5.50. The number of nitriles is 1. The van der Waals surface area contributed by atoms with Crippen LogP contribution in [-0.2, 0) is 0 Å². The van der Waals surface area contributed by atoms with Crippen molar-refractivity contribution < 1.29 is 0 Å². The summed E-state index contributed by atoms with van der Waals surface area (Å²) in [6.07, 6.45) is 1.09. The van der Waals surface area contributed by atoms with Crippen molar-refractivity contribution in [1.82, 2.24) is 5.32 Å². The van der Waals surface area contributed by atoms with Gasteiger partial charge in [-0.2, -0.15) is 5.26 Å². The maximum absolute atomic E-state index is 8.86. The topological polar surface area (TPSA) is 35.8 Å². The summed E-state index contributed by atoms with van der Waals surface area (Å²) in [7, 11) is 0. The summed E-state index contributed by atoms with van der Waals surface area (Å²) in [5.41, 5.74) is 2.51. The summed E-state index contributed by atoms with van der Waals surface area (Å²) in [6.45, 7) is 5.31. The van der Waals surface area contributed by atoms with Gasteiger partial charge in [-0.3, -0.25) is 0 Å². The van der Waals surface area contributed by atoms with E-state index in [0.29, 0.717) is 6.04 Å². The molecule has 98 valence electrons. The van der Waals surface area contributed by atoms with Gasteiger partial charge in [-0.25, -0.2) is 0 Å². The smallest absolute Gasteiger partial charge is 0.110 e. The molecule has 0 aliphatic rings. The molecule has 1 atom stereocenters. The van der Waals surface area contributed by atoms with E-state index in [-0.39, 0.29) is 0 Å². The Morgan fingerprint density at radius 3 is 2.42 bits per heavy atom. The van der Waals surface area contributed by atoms with Crippen LogP contribution in [-0.4, -0.2) is 6.54 Å². The molecule has 1 aromatic heterocycles. The van der Waals surface area contributed by atoms with Crippen LogP contribution >= 0.6 is 11.3 Å². The van der Waals surface area contributed by atoms with Crippen molar-refractivity contribution in [2.45, 2.75) is 26.3 Å². The Kier molecular flexibility index (Phi) is 4.73. The van der Waals surface area contributed by atoms with Gasteiger partial charge in [0.2, 0.25) is 0 Å². The van der Waals surface area contributed by atoms with Crippen molar-refractivity contribution >= 4 is 11.3 Å². The lowest BCUT2D eigenvalue weighted by atomic mass is 10.0. The van der Waals surface area contributed by atoms with E-state index in [1.165, 1.54) is 22.5 Å². The molecule has 1 N–H and O–H groups in total. The minimum Gasteiger partial charge on any atom is -0.310 e. The minimum atomic E-state index is 0.428. The lowest BCUT2D eigenvalue weighted by Crippen LogP contribution is -2.19. The highest BCUT2D eigenvalue weighted by Gasteiger charge is 2.08. The SMILES string of the molecule is CCNC(CC)c1ccc(-c2ccc(C#N)s2)cc1. The number of nitrogens with one attached hydrogen (secondary N) is 1. The highest BCUT2D eigenvalue weighted by molar-refractivity contribution is 7.16. The summed E-state index contributed by atoms with van der Waals surface area (Å²) >= 11 is 1.54. The van der Waals surface area contributed by atoms with E-state index in [1.54, 1.807) is 0 Å². The normalized spacial score (nSPS) is 12.1. The molecule has 0 fully saturated rings. The predicted octanol–water partition coefficient (Wildman–Crippen LogP) is 4.35. The van der Waals surface area contributed by atoms with Crippen LogP contribution in [0.15, 0.2) is 36.4 Å². The quantitative estimate of drug-likeness (QED) is 0.877. The average Bonchev–Trinajstić information content (AvgIpc) is 2.94. The number of rotatable bonds is 5. The van der Waals surface area contributed by atoms with Crippen molar-refractivity contribution in [1.29, 1.82) is 5.26 Å². The van der Waals surface area contributed by atoms with Gasteiger partial charge in [0.05, 0.1) is 0 Å². The zero-order valence-electron chi connectivity index (χ0n) is 11.3. The molecule has 1 unspecified atom stereocenters. The van der Waals surface area contributed by atoms with Crippen molar-refractivity contribution in [3.05, 3.63) is 46.8 Å². The van der Waals surface area contributed by atoms with Crippen LogP contribution in [0.1, 0.15) is 36.8 Å². The number of hydrogen-bond acceptors (Lipinski definition) is 3. The maximum Gasteiger partial charge on any atom is 0.110 e. The summed E-state index contributed by atoms with van der Waals surface area (Å²) in [5, 5.41) is 12.3. The molecular formula is C16H18N2S. The number of nitrogens with zero attached hydrogens (tertiary/aromatic N) is 1. The zero-order chi connectivity index (χ0) is 13.7. The standard InChI is InChI=1S/C16H18N2S/c1-3-15(18-4-2)12-5-7-13(8-6-12)16-10-9-14(11-17)19-16/h5-10,15,18H,3-4H2,1-2H3. The fourth-order valence-electron chi connectivity index (χ4n) is 2.18. The van der Waals surface area contributed by atoms with Crippen LogP contribution < -0.4 is 5.32 Å². The van der Waals surface area contributed by atoms with E-state index < -0.39 is 0 Å². The van der Waals surface area contributed by atoms with E-state index in [0.717, 1.165) is 22.7 Å². The monoisotopic (exact) mass is 270 g/mol. The predicted molar refractivity (Wildman–Crippen MR) is 81.2 cm³/mol. The molecule has 0 spiro atoms. The van der Waals surface area contributed by atoms with Crippen LogP contribution in [0.2, 0.25) is 0 Å². The number of thiophene rings is 1. The molecule has 1 aromatic carbocycles. The first-order chi connectivity index (χ1) is 9.28. The van der Waals surface area contributed by atoms with Gasteiger partial charge < -0.3 is 5.32 Å². The molecule has 3 heteroatoms. The largest absolute Gasteiger partial charge is 0.310 e. The molecule has 0 aliphatic carbocycles. The fraction of sp³-hybridized carbons (Fsp3) is 0.312. The van der Waals surface area contributed by atoms with Gasteiger partial charge >= 0.3 is 0 Å². The second-order valence-electron chi connectivity index (χ2n) is 4.42. The summed E-state index contributed by atoms with van der Waals surface area (Å²) in [4.78, 5) is 1.91. The van der Waals surface area contributed by atoms with Crippen molar-refractivity contribution in [2.24, 2.45) is 0 Å². The number of benzene rings is 1. The van der Waals surface area contributed by atoms with Crippen LogP contribution in [0.25, 0.3) is 10.4 Å². The Hall–Kier alpha value is -1.63. The molecule has 0 bridgehead atoms. The lowest BCUT2D eigenvalue weighted by molar-refractivity contribution is 0.537. The van der Waals surface area contributed by atoms with Crippen LogP contribution in [0.3, 0.4) is 0 Å². The Morgan fingerprint density at radius 2 is 1.89 bits per heavy atom. The first-order valence-corrected chi connectivity index (χ1v) is 7.43. The van der Waals surface area contributed by atoms with Crippen molar-refractivity contribution in [3.8, 4) is 16.5 Å². The first kappa shape index (κ1) is 13.8. The number of hydrogen-bond donors (Lipinski definition) is 1. The third-order valence-electron chi connectivity index (χ3n) is 3.17. The van der Waals surface area contributed by atoms with E-state index in [1.807, 2.05) is 12.1 Å². The Bertz CT molecular complexity index is 563.